The standard InChI is InChI=1S/C31H38N6O4/c1-3-37-14-12-31(13-15-37)19-23(31)30(39)32-25(7-5-4-6-8-28(38)26-11-16-40-34-26)27-18-29(41-35-27)21-9-10-24-22(17-21)20-36(2)33-24/h9-11,16-18,20,23,25H,3-8,12-15,19H2,1-2H3,(H,32,39)/t23-,25+/m1/s1. The normalized spacial score (nSPS) is 19.0. The van der Waals surface area contributed by atoms with Crippen LogP contribution in [-0.2, 0) is 11.8 Å². The van der Waals surface area contributed by atoms with Crippen molar-refractivity contribution in [2.45, 2.75) is 64.3 Å². The van der Waals surface area contributed by atoms with Gasteiger partial charge in [-0.25, -0.2) is 0 Å². The van der Waals surface area contributed by atoms with Crippen molar-refractivity contribution < 1.29 is 18.6 Å². The van der Waals surface area contributed by atoms with Gasteiger partial charge in [-0.3, -0.25) is 14.3 Å². The highest BCUT2D eigenvalue weighted by Gasteiger charge is 2.58. The fourth-order valence-electron chi connectivity index (χ4n) is 6.34. The minimum Gasteiger partial charge on any atom is -0.364 e. The molecule has 0 radical (unpaired) electrons. The van der Waals surface area contributed by atoms with Crippen LogP contribution in [0.3, 0.4) is 0 Å². The minimum atomic E-state index is -0.248. The van der Waals surface area contributed by atoms with Crippen LogP contribution in [0.5, 0.6) is 0 Å². The number of Topliss-reactive ketones (excluding diaryl/α,β-unsaturated/α-hetero) is 1. The highest BCUT2D eigenvalue weighted by atomic mass is 16.5. The lowest BCUT2D eigenvalue weighted by Crippen LogP contribution is -2.37. The molecule has 10 heteroatoms. The quantitative estimate of drug-likeness (QED) is 0.183. The van der Waals surface area contributed by atoms with Gasteiger partial charge in [-0.2, -0.15) is 5.10 Å². The Balaban J connectivity index is 1.11. The lowest BCUT2D eigenvalue weighted by atomic mass is 9.90. The van der Waals surface area contributed by atoms with Gasteiger partial charge in [0.1, 0.15) is 17.7 Å². The van der Waals surface area contributed by atoms with Crippen LogP contribution in [0.15, 0.2) is 51.8 Å². The van der Waals surface area contributed by atoms with Crippen molar-refractivity contribution in [3.8, 4) is 11.3 Å². The Labute approximate surface area is 239 Å². The minimum absolute atomic E-state index is 0.0107. The molecule has 6 rings (SSSR count). The van der Waals surface area contributed by atoms with E-state index in [0.717, 1.165) is 86.7 Å². The van der Waals surface area contributed by atoms with Crippen molar-refractivity contribution in [3.05, 3.63) is 54.2 Å². The summed E-state index contributed by atoms with van der Waals surface area (Å²) in [7, 11) is 1.90. The molecule has 1 saturated carbocycles. The smallest absolute Gasteiger partial charge is 0.224 e. The third-order valence-electron chi connectivity index (χ3n) is 9.03. The second kappa shape index (κ2) is 11.6. The van der Waals surface area contributed by atoms with Crippen LogP contribution in [0, 0.1) is 11.3 Å². The summed E-state index contributed by atoms with van der Waals surface area (Å²) in [4.78, 5) is 28.2. The number of benzene rings is 1. The molecule has 0 unspecified atom stereocenters. The van der Waals surface area contributed by atoms with Crippen molar-refractivity contribution in [1.29, 1.82) is 0 Å². The molecule has 1 aliphatic heterocycles. The van der Waals surface area contributed by atoms with Gasteiger partial charge in [-0.05, 0) is 75.4 Å². The van der Waals surface area contributed by atoms with Gasteiger partial charge in [0.2, 0.25) is 5.91 Å². The average Bonchev–Trinajstić information content (AvgIpc) is 3.45. The maximum absolute atomic E-state index is 13.5. The summed E-state index contributed by atoms with van der Waals surface area (Å²) in [5, 5.41) is 16.9. The molecule has 2 atom stereocenters. The Morgan fingerprint density at radius 3 is 2.76 bits per heavy atom. The molecule has 1 amide bonds. The van der Waals surface area contributed by atoms with Gasteiger partial charge in [-0.15, -0.1) is 0 Å². The van der Waals surface area contributed by atoms with E-state index in [1.165, 1.54) is 6.26 Å². The van der Waals surface area contributed by atoms with Gasteiger partial charge in [-0.1, -0.05) is 30.1 Å². The molecule has 3 aromatic heterocycles. The second-order valence-corrected chi connectivity index (χ2v) is 11.7. The third-order valence-corrected chi connectivity index (χ3v) is 9.03. The summed E-state index contributed by atoms with van der Waals surface area (Å²) >= 11 is 0. The number of nitrogens with zero attached hydrogens (tertiary/aromatic N) is 5. The molecule has 41 heavy (non-hydrogen) atoms. The molecule has 4 heterocycles. The van der Waals surface area contributed by atoms with E-state index in [4.69, 9.17) is 9.05 Å². The largest absolute Gasteiger partial charge is 0.364 e. The van der Waals surface area contributed by atoms with Gasteiger partial charge < -0.3 is 19.3 Å². The van der Waals surface area contributed by atoms with Crippen LogP contribution in [0.4, 0.5) is 0 Å². The van der Waals surface area contributed by atoms with E-state index in [2.05, 4.69) is 32.6 Å². The number of hydrogen-bond donors (Lipinski definition) is 1. The third kappa shape index (κ3) is 5.98. The van der Waals surface area contributed by atoms with Gasteiger partial charge in [0.15, 0.2) is 11.5 Å². The van der Waals surface area contributed by atoms with E-state index in [0.29, 0.717) is 17.9 Å². The van der Waals surface area contributed by atoms with Gasteiger partial charge >= 0.3 is 0 Å². The molecule has 1 saturated heterocycles. The van der Waals surface area contributed by atoms with Crippen molar-refractivity contribution in [2.75, 3.05) is 19.6 Å². The maximum Gasteiger partial charge on any atom is 0.224 e. The molecule has 1 aliphatic carbocycles. The number of aromatic nitrogens is 4. The number of amides is 1. The fourth-order valence-corrected chi connectivity index (χ4v) is 6.34. The Kier molecular flexibility index (Phi) is 7.75. The predicted molar refractivity (Wildman–Crippen MR) is 153 cm³/mol. The molecule has 0 bridgehead atoms. The Morgan fingerprint density at radius 2 is 1.98 bits per heavy atom. The van der Waals surface area contributed by atoms with E-state index in [9.17, 15) is 9.59 Å². The number of likely N-dealkylation sites (tertiary alicyclic amines) is 1. The molecular weight excluding hydrogens is 520 g/mol. The molecule has 2 fully saturated rings. The van der Waals surface area contributed by atoms with Gasteiger partial charge in [0.05, 0.1) is 11.6 Å². The maximum atomic E-state index is 13.5. The predicted octanol–water partition coefficient (Wildman–Crippen LogP) is 5.33. The summed E-state index contributed by atoms with van der Waals surface area (Å²) < 4.78 is 12.4. The number of piperidine rings is 1. The number of ketones is 1. The number of rotatable bonds is 12. The van der Waals surface area contributed by atoms with Crippen molar-refractivity contribution in [1.82, 2.24) is 30.3 Å². The summed E-state index contributed by atoms with van der Waals surface area (Å²) in [6.45, 7) is 5.42. The molecule has 1 aromatic carbocycles. The summed E-state index contributed by atoms with van der Waals surface area (Å²) in [6.07, 6.45) is 10.2. The van der Waals surface area contributed by atoms with Crippen molar-refractivity contribution in [2.24, 2.45) is 18.4 Å². The van der Waals surface area contributed by atoms with Crippen LogP contribution in [0.2, 0.25) is 0 Å². The fraction of sp³-hybridized carbons (Fsp3) is 0.516. The van der Waals surface area contributed by atoms with E-state index in [1.807, 2.05) is 37.5 Å². The summed E-state index contributed by atoms with van der Waals surface area (Å²) in [5.41, 5.74) is 3.11. The van der Waals surface area contributed by atoms with Crippen LogP contribution < -0.4 is 5.32 Å². The topological polar surface area (TPSA) is 119 Å². The van der Waals surface area contributed by atoms with Gasteiger partial charge in [0.25, 0.3) is 0 Å². The SMILES string of the molecule is CCN1CCC2(CC1)C[C@@H]2C(=O)N[C@@H](CCCCCC(=O)c1ccon1)c1cc(-c2ccc3nn(C)cc3c2)on1. The number of unbranched alkanes of at least 4 members (excludes halogenated alkanes) is 2. The summed E-state index contributed by atoms with van der Waals surface area (Å²) in [6, 6.07) is 9.29. The van der Waals surface area contributed by atoms with E-state index in [1.54, 1.807) is 10.7 Å². The van der Waals surface area contributed by atoms with E-state index >= 15 is 0 Å². The van der Waals surface area contributed by atoms with Crippen molar-refractivity contribution >= 4 is 22.6 Å². The van der Waals surface area contributed by atoms with E-state index in [-0.39, 0.29) is 29.1 Å². The second-order valence-electron chi connectivity index (χ2n) is 11.7. The number of hydrogen-bond acceptors (Lipinski definition) is 8. The van der Waals surface area contributed by atoms with E-state index < -0.39 is 0 Å². The zero-order valence-electron chi connectivity index (χ0n) is 23.8. The number of fused-ring (bicyclic) bond motifs is 1. The molecule has 1 spiro atoms. The van der Waals surface area contributed by atoms with Gasteiger partial charge in [0, 0.05) is 48.7 Å². The van der Waals surface area contributed by atoms with Crippen molar-refractivity contribution in [3.63, 3.8) is 0 Å². The van der Waals surface area contributed by atoms with Crippen LogP contribution in [-0.4, -0.2) is 56.3 Å². The Morgan fingerprint density at radius 1 is 1.12 bits per heavy atom. The van der Waals surface area contributed by atoms with Crippen LogP contribution >= 0.6 is 0 Å². The number of carbonyl (C=O) groups excluding carboxylic acids is 2. The molecular formula is C31H38N6O4. The molecule has 2 aliphatic rings. The molecule has 10 nitrogen and oxygen atoms in total. The average molecular weight is 559 g/mol. The number of nitrogens with one attached hydrogen (secondary N) is 1. The molecule has 1 N–H and O–H groups in total. The Hall–Kier alpha value is -3.79. The first-order valence-corrected chi connectivity index (χ1v) is 14.8. The highest BCUT2D eigenvalue weighted by molar-refractivity contribution is 5.93. The van der Waals surface area contributed by atoms with Crippen LogP contribution in [0.25, 0.3) is 22.2 Å². The first kappa shape index (κ1) is 27.4. The number of aryl methyl sites for hydroxylation is 1. The molecule has 216 valence electrons. The highest BCUT2D eigenvalue weighted by Crippen LogP contribution is 2.59. The summed E-state index contributed by atoms with van der Waals surface area (Å²) in [5.74, 6) is 0.854. The zero-order valence-corrected chi connectivity index (χ0v) is 23.8. The zero-order chi connectivity index (χ0) is 28.4. The van der Waals surface area contributed by atoms with Crippen LogP contribution in [0.1, 0.15) is 80.5 Å². The monoisotopic (exact) mass is 558 g/mol. The lowest BCUT2D eigenvalue weighted by Gasteiger charge is -2.32. The first-order valence-electron chi connectivity index (χ1n) is 14.8. The first-order chi connectivity index (χ1) is 19.9. The number of carbonyl (C=O) groups is 2. The Bertz CT molecular complexity index is 1500. The molecule has 4 aromatic rings. The lowest BCUT2D eigenvalue weighted by molar-refractivity contribution is -0.124.